The molecular weight excluding hydrogens is 406 g/mol. The fourth-order valence-corrected chi connectivity index (χ4v) is 5.67. The number of hydrogen-bond donors (Lipinski definition) is 0. The van der Waals surface area contributed by atoms with Crippen LogP contribution >= 0.6 is 0 Å². The van der Waals surface area contributed by atoms with Crippen molar-refractivity contribution in [2.75, 3.05) is 0 Å². The average molecular weight is 440 g/mol. The van der Waals surface area contributed by atoms with Crippen LogP contribution in [0.3, 0.4) is 0 Å². The van der Waals surface area contributed by atoms with Crippen LogP contribution in [0.25, 0.3) is 5.69 Å². The van der Waals surface area contributed by atoms with Crippen molar-refractivity contribution in [3.8, 4) is 5.69 Å². The van der Waals surface area contributed by atoms with Gasteiger partial charge in [0.05, 0.1) is 11.7 Å². The van der Waals surface area contributed by atoms with Crippen LogP contribution in [0.15, 0.2) is 63.4 Å². The Bertz CT molecular complexity index is 1190. The molecule has 0 unspecified atom stereocenters. The van der Waals surface area contributed by atoms with Crippen LogP contribution in [0, 0.1) is 5.92 Å². The largest absolute Gasteiger partial charge is 0.545 e. The number of benzene rings is 1. The molecule has 0 fully saturated rings. The van der Waals surface area contributed by atoms with Gasteiger partial charge in [-0.1, -0.05) is 51.1 Å². The minimum atomic E-state index is -2.14. The molecule has 6 nitrogen and oxygen atoms in total. The first-order chi connectivity index (χ1) is 14.4. The zero-order chi connectivity index (χ0) is 22.9. The molecule has 166 valence electrons. The molecule has 1 aromatic carbocycles. The lowest BCUT2D eigenvalue weighted by atomic mass is 9.76. The summed E-state index contributed by atoms with van der Waals surface area (Å²) >= 11 is 0. The molecule has 0 saturated carbocycles. The summed E-state index contributed by atoms with van der Waals surface area (Å²) < 4.78 is 11.4. The first-order valence-electron chi connectivity index (χ1n) is 10.9. The maximum atomic E-state index is 13.6. The molecule has 5 rings (SSSR count). The van der Waals surface area contributed by atoms with Gasteiger partial charge in [-0.2, -0.15) is 0 Å². The van der Waals surface area contributed by atoms with Gasteiger partial charge in [0.2, 0.25) is 8.32 Å². The highest BCUT2D eigenvalue weighted by Crippen LogP contribution is 2.51. The van der Waals surface area contributed by atoms with E-state index in [9.17, 15) is 9.59 Å². The van der Waals surface area contributed by atoms with Crippen LogP contribution in [-0.2, 0) is 4.43 Å². The molecule has 3 aliphatic rings. The SMILES string of the molecule is C=C(C)[C@@H]1C[C@@H]2C(C)=C(O[Si](C)(C)C(C)(C)C)[C@H]1n1c(=O)n(-c3ccccc3)c(=O)n12. The zero-order valence-corrected chi connectivity index (χ0v) is 20.6. The van der Waals surface area contributed by atoms with E-state index < -0.39 is 8.32 Å². The van der Waals surface area contributed by atoms with Gasteiger partial charge in [0.1, 0.15) is 11.8 Å². The van der Waals surface area contributed by atoms with Gasteiger partial charge in [-0.3, -0.25) is 0 Å². The van der Waals surface area contributed by atoms with Crippen LogP contribution in [-0.4, -0.2) is 22.2 Å². The quantitative estimate of drug-likeness (QED) is 0.508. The maximum Gasteiger partial charge on any atom is 0.352 e. The zero-order valence-electron chi connectivity index (χ0n) is 19.6. The van der Waals surface area contributed by atoms with Gasteiger partial charge in [-0.15, -0.1) is 0 Å². The summed E-state index contributed by atoms with van der Waals surface area (Å²) in [5.74, 6) is 0.917. The minimum absolute atomic E-state index is 0.0241. The molecule has 0 amide bonds. The van der Waals surface area contributed by atoms with E-state index in [2.05, 4.69) is 47.4 Å². The summed E-state index contributed by atoms with van der Waals surface area (Å²) in [6, 6.07) is 8.58. The van der Waals surface area contributed by atoms with Crippen molar-refractivity contribution >= 4 is 8.32 Å². The highest BCUT2D eigenvalue weighted by atomic mass is 28.4. The van der Waals surface area contributed by atoms with Crippen molar-refractivity contribution in [3.05, 3.63) is 74.8 Å². The van der Waals surface area contributed by atoms with E-state index >= 15 is 0 Å². The Balaban J connectivity index is 1.95. The van der Waals surface area contributed by atoms with Crippen LogP contribution < -0.4 is 11.4 Å². The molecule has 31 heavy (non-hydrogen) atoms. The Hall–Kier alpha value is -2.54. The van der Waals surface area contributed by atoms with E-state index in [-0.39, 0.29) is 34.4 Å². The number of fused-ring (bicyclic) bond motifs is 1. The molecule has 2 aliphatic heterocycles. The lowest BCUT2D eigenvalue weighted by Crippen LogP contribution is -2.51. The Labute approximate surface area is 184 Å². The topological polar surface area (TPSA) is 58.2 Å². The summed E-state index contributed by atoms with van der Waals surface area (Å²) in [4.78, 5) is 27.0. The first kappa shape index (κ1) is 21.7. The second-order valence-corrected chi connectivity index (χ2v) is 15.2. The van der Waals surface area contributed by atoms with Crippen LogP contribution in [0.5, 0.6) is 0 Å². The van der Waals surface area contributed by atoms with E-state index in [1.165, 1.54) is 4.57 Å². The summed E-state index contributed by atoms with van der Waals surface area (Å²) in [6.45, 7) is 19.3. The van der Waals surface area contributed by atoms with Crippen LogP contribution in [0.4, 0.5) is 0 Å². The lowest BCUT2D eigenvalue weighted by Gasteiger charge is -2.48. The van der Waals surface area contributed by atoms with Gasteiger partial charge in [-0.05, 0) is 56.1 Å². The summed E-state index contributed by atoms with van der Waals surface area (Å²) in [5, 5.41) is 0.0241. The van der Waals surface area contributed by atoms with Crippen molar-refractivity contribution in [1.82, 2.24) is 13.9 Å². The predicted molar refractivity (Wildman–Crippen MR) is 126 cm³/mol. The number of para-hydroxylation sites is 1. The summed E-state index contributed by atoms with van der Waals surface area (Å²) in [7, 11) is -2.14. The average Bonchev–Trinajstić information content (AvgIpc) is 2.95. The normalized spacial score (nSPS) is 23.1. The molecule has 7 heteroatoms. The van der Waals surface area contributed by atoms with Gasteiger partial charge >= 0.3 is 11.4 Å². The summed E-state index contributed by atoms with van der Waals surface area (Å²) in [6.07, 6.45) is 0.758. The number of hydrogen-bond acceptors (Lipinski definition) is 3. The van der Waals surface area contributed by atoms with Crippen molar-refractivity contribution < 1.29 is 4.43 Å². The Morgan fingerprint density at radius 1 is 1.10 bits per heavy atom. The third-order valence-electron chi connectivity index (χ3n) is 7.40. The van der Waals surface area contributed by atoms with Gasteiger partial charge in [0.15, 0.2) is 0 Å². The third kappa shape index (κ3) is 3.13. The number of aromatic nitrogens is 3. The summed E-state index contributed by atoms with van der Waals surface area (Å²) in [5.41, 5.74) is 2.04. The van der Waals surface area contributed by atoms with E-state index in [1.807, 2.05) is 25.1 Å². The second-order valence-electron chi connectivity index (χ2n) is 10.5. The Morgan fingerprint density at radius 3 is 2.23 bits per heavy atom. The monoisotopic (exact) mass is 439 g/mol. The standard InChI is InChI=1S/C24H33N3O3Si/c1-15(2)18-14-19-16(3)21(30-31(7,8)24(4,5)6)20(18)27-23(29)25(22(28)26(19)27)17-12-10-9-11-13-17/h9-13,18-20H,1,14H2,2-8H3/t18-,19+,20-/m0/s1. The van der Waals surface area contributed by atoms with Crippen molar-refractivity contribution in [2.24, 2.45) is 5.92 Å². The highest BCUT2D eigenvalue weighted by molar-refractivity contribution is 6.74. The van der Waals surface area contributed by atoms with Gasteiger partial charge in [-0.25, -0.2) is 23.5 Å². The van der Waals surface area contributed by atoms with E-state index in [0.29, 0.717) is 5.69 Å². The molecule has 0 saturated heterocycles. The maximum absolute atomic E-state index is 13.6. The van der Waals surface area contributed by atoms with Crippen LogP contribution in [0.2, 0.25) is 18.1 Å². The van der Waals surface area contributed by atoms with E-state index in [1.54, 1.807) is 21.5 Å². The molecule has 0 radical (unpaired) electrons. The van der Waals surface area contributed by atoms with E-state index in [0.717, 1.165) is 23.3 Å². The molecule has 3 heterocycles. The third-order valence-corrected chi connectivity index (χ3v) is 11.7. The fraction of sp³-hybridized carbons (Fsp3) is 0.500. The molecule has 1 aliphatic carbocycles. The molecule has 0 N–H and O–H groups in total. The first-order valence-corrected chi connectivity index (χ1v) is 13.8. The molecule has 3 atom stereocenters. The highest BCUT2D eigenvalue weighted by Gasteiger charge is 2.50. The second kappa shape index (κ2) is 6.98. The van der Waals surface area contributed by atoms with Crippen LogP contribution in [0.1, 0.15) is 53.1 Å². The minimum Gasteiger partial charge on any atom is -0.545 e. The lowest BCUT2D eigenvalue weighted by molar-refractivity contribution is 0.129. The van der Waals surface area contributed by atoms with Gasteiger partial charge < -0.3 is 4.43 Å². The van der Waals surface area contributed by atoms with Crippen molar-refractivity contribution in [2.45, 2.75) is 71.3 Å². The van der Waals surface area contributed by atoms with Crippen molar-refractivity contribution in [1.29, 1.82) is 0 Å². The molecular formula is C24H33N3O3Si. The molecule has 2 aromatic rings. The molecule has 1 aromatic heterocycles. The van der Waals surface area contributed by atoms with Gasteiger partial charge in [0.25, 0.3) is 0 Å². The molecule has 0 spiro atoms. The van der Waals surface area contributed by atoms with E-state index in [4.69, 9.17) is 4.43 Å². The number of rotatable bonds is 4. The number of allylic oxidation sites excluding steroid dienone is 3. The Kier molecular flexibility index (Phi) is 4.88. The molecule has 2 bridgehead atoms. The fourth-order valence-electron chi connectivity index (χ4n) is 4.54. The number of nitrogens with zero attached hydrogens (tertiary/aromatic N) is 3. The Morgan fingerprint density at radius 2 is 1.68 bits per heavy atom. The predicted octanol–water partition coefficient (Wildman–Crippen LogP) is 4.79. The van der Waals surface area contributed by atoms with Crippen molar-refractivity contribution in [3.63, 3.8) is 0 Å². The van der Waals surface area contributed by atoms with Gasteiger partial charge in [0, 0.05) is 5.92 Å². The smallest absolute Gasteiger partial charge is 0.352 e.